The van der Waals surface area contributed by atoms with Crippen molar-refractivity contribution in [2.45, 2.75) is 36.9 Å². The van der Waals surface area contributed by atoms with Gasteiger partial charge >= 0.3 is 0 Å². The first-order valence-corrected chi connectivity index (χ1v) is 10.6. The smallest absolute Gasteiger partial charge is 0.233 e. The van der Waals surface area contributed by atoms with E-state index >= 15 is 0 Å². The summed E-state index contributed by atoms with van der Waals surface area (Å²) in [6, 6.07) is 0. The number of thiophene rings is 1. The van der Waals surface area contributed by atoms with Crippen molar-refractivity contribution in [1.29, 1.82) is 0 Å². The summed E-state index contributed by atoms with van der Waals surface area (Å²) in [6.07, 6.45) is 5.64. The quantitative estimate of drug-likeness (QED) is 0.489. The van der Waals surface area contributed by atoms with Crippen molar-refractivity contribution in [1.82, 2.24) is 29.6 Å². The first-order chi connectivity index (χ1) is 12.7. The number of carbonyl (C=O) groups excluding carboxylic acids is 1. The second-order valence-corrected chi connectivity index (χ2v) is 9.05. The summed E-state index contributed by atoms with van der Waals surface area (Å²) in [6.45, 7) is 1.93. The second-order valence-electron chi connectivity index (χ2n) is 6.46. The molecule has 1 aliphatic heterocycles. The summed E-state index contributed by atoms with van der Waals surface area (Å²) in [7, 11) is 0. The average molecular weight is 407 g/mol. The lowest BCUT2D eigenvalue weighted by Gasteiger charge is -2.26. The first kappa shape index (κ1) is 16.5. The largest absolute Gasteiger partial charge is 0.333 e. The average Bonchev–Trinajstić information content (AvgIpc) is 3.26. The van der Waals surface area contributed by atoms with Gasteiger partial charge in [-0.05, 0) is 18.8 Å². The summed E-state index contributed by atoms with van der Waals surface area (Å²) in [5, 5.41) is 8.79. The molecule has 134 valence electrons. The van der Waals surface area contributed by atoms with Crippen molar-refractivity contribution < 1.29 is 4.79 Å². The fourth-order valence-electron chi connectivity index (χ4n) is 3.21. The molecule has 26 heavy (non-hydrogen) atoms. The van der Waals surface area contributed by atoms with Gasteiger partial charge in [0, 0.05) is 18.7 Å². The van der Waals surface area contributed by atoms with E-state index in [1.54, 1.807) is 12.7 Å². The van der Waals surface area contributed by atoms with Gasteiger partial charge in [-0.1, -0.05) is 23.4 Å². The standard InChI is InChI=1S/C16H15ClN6OS2/c17-15-12(9-1-2-9)13-14(26-15)16(19-7-18-13)25-6-11(24)22-3-4-23-8-20-21-10(23)5-22/h7-9H,1-6H2. The van der Waals surface area contributed by atoms with E-state index in [9.17, 15) is 4.79 Å². The van der Waals surface area contributed by atoms with Crippen LogP contribution in [0.1, 0.15) is 30.1 Å². The Balaban J connectivity index is 1.32. The van der Waals surface area contributed by atoms with Crippen molar-refractivity contribution in [2.75, 3.05) is 12.3 Å². The SMILES string of the molecule is O=C(CSc1ncnc2c(C3CC3)c(Cl)sc12)N1CCn2cnnc2C1. The number of hydrogen-bond acceptors (Lipinski definition) is 7. The van der Waals surface area contributed by atoms with Gasteiger partial charge in [0.2, 0.25) is 5.91 Å². The molecular weight excluding hydrogens is 392 g/mol. The number of amides is 1. The summed E-state index contributed by atoms with van der Waals surface area (Å²) < 4.78 is 3.79. The number of halogens is 1. The molecule has 0 unspecified atom stereocenters. The van der Waals surface area contributed by atoms with E-state index in [1.807, 2.05) is 9.47 Å². The van der Waals surface area contributed by atoms with Crippen LogP contribution in [0.25, 0.3) is 10.2 Å². The van der Waals surface area contributed by atoms with Gasteiger partial charge in [0.05, 0.1) is 26.9 Å². The summed E-state index contributed by atoms with van der Waals surface area (Å²) in [5.74, 6) is 1.80. The molecule has 2 aliphatic rings. The van der Waals surface area contributed by atoms with Crippen molar-refractivity contribution in [3.05, 3.63) is 28.4 Å². The lowest BCUT2D eigenvalue weighted by Crippen LogP contribution is -2.39. The summed E-state index contributed by atoms with van der Waals surface area (Å²) in [5.41, 5.74) is 2.12. The predicted molar refractivity (Wildman–Crippen MR) is 101 cm³/mol. The monoisotopic (exact) mass is 406 g/mol. The van der Waals surface area contributed by atoms with E-state index < -0.39 is 0 Å². The van der Waals surface area contributed by atoms with Crippen LogP contribution in [0.4, 0.5) is 0 Å². The highest BCUT2D eigenvalue weighted by Gasteiger charge is 2.31. The van der Waals surface area contributed by atoms with Crippen LogP contribution >= 0.6 is 34.7 Å². The molecule has 0 bridgehead atoms. The molecule has 0 N–H and O–H groups in total. The lowest BCUT2D eigenvalue weighted by atomic mass is 10.2. The van der Waals surface area contributed by atoms with Gasteiger partial charge in [0.1, 0.15) is 17.7 Å². The molecule has 0 atom stereocenters. The molecule has 10 heteroatoms. The predicted octanol–water partition coefficient (Wildman–Crippen LogP) is 2.95. The third-order valence-electron chi connectivity index (χ3n) is 4.74. The Kier molecular flexibility index (Phi) is 4.10. The van der Waals surface area contributed by atoms with Crippen molar-refractivity contribution in [3.8, 4) is 0 Å². The zero-order valence-corrected chi connectivity index (χ0v) is 16.1. The fraction of sp³-hybridized carbons (Fsp3) is 0.438. The Morgan fingerprint density at radius 1 is 1.35 bits per heavy atom. The molecule has 1 amide bonds. The van der Waals surface area contributed by atoms with Crippen LogP contribution in [0, 0.1) is 0 Å². The summed E-state index contributed by atoms with van der Waals surface area (Å²) >= 11 is 9.43. The molecule has 1 saturated carbocycles. The maximum absolute atomic E-state index is 12.6. The van der Waals surface area contributed by atoms with Crippen molar-refractivity contribution in [3.63, 3.8) is 0 Å². The third kappa shape index (κ3) is 2.87. The first-order valence-electron chi connectivity index (χ1n) is 8.41. The number of hydrogen-bond donors (Lipinski definition) is 0. The number of thioether (sulfide) groups is 1. The second kappa shape index (κ2) is 6.47. The number of fused-ring (bicyclic) bond motifs is 2. The van der Waals surface area contributed by atoms with E-state index in [0.29, 0.717) is 24.8 Å². The number of carbonyl (C=O) groups is 1. The normalized spacial score (nSPS) is 16.9. The van der Waals surface area contributed by atoms with Gasteiger partial charge < -0.3 is 9.47 Å². The van der Waals surface area contributed by atoms with Crippen molar-refractivity contribution >= 4 is 50.8 Å². The number of nitrogens with zero attached hydrogens (tertiary/aromatic N) is 6. The van der Waals surface area contributed by atoms with Crippen LogP contribution in [0.2, 0.25) is 4.34 Å². The van der Waals surface area contributed by atoms with Crippen LogP contribution in [0.15, 0.2) is 17.7 Å². The van der Waals surface area contributed by atoms with E-state index in [-0.39, 0.29) is 5.91 Å². The molecule has 3 aromatic heterocycles. The highest BCUT2D eigenvalue weighted by molar-refractivity contribution is 8.00. The van der Waals surface area contributed by atoms with Crippen LogP contribution in [0.3, 0.4) is 0 Å². The van der Waals surface area contributed by atoms with Crippen LogP contribution in [-0.4, -0.2) is 47.8 Å². The van der Waals surface area contributed by atoms with Gasteiger partial charge in [-0.3, -0.25) is 4.79 Å². The molecule has 0 radical (unpaired) electrons. The van der Waals surface area contributed by atoms with Gasteiger partial charge in [0.15, 0.2) is 5.82 Å². The zero-order chi connectivity index (χ0) is 17.7. The minimum atomic E-state index is 0.0843. The molecule has 0 spiro atoms. The zero-order valence-electron chi connectivity index (χ0n) is 13.8. The Morgan fingerprint density at radius 3 is 3.08 bits per heavy atom. The van der Waals surface area contributed by atoms with Crippen LogP contribution < -0.4 is 0 Å². The maximum atomic E-state index is 12.6. The minimum Gasteiger partial charge on any atom is -0.333 e. The minimum absolute atomic E-state index is 0.0843. The third-order valence-corrected chi connectivity index (χ3v) is 7.27. The lowest BCUT2D eigenvalue weighted by molar-refractivity contribution is -0.129. The highest BCUT2D eigenvalue weighted by atomic mass is 35.5. The molecule has 0 aromatic carbocycles. The Hall–Kier alpha value is -1.71. The maximum Gasteiger partial charge on any atom is 0.233 e. The summed E-state index contributed by atoms with van der Waals surface area (Å²) in [4.78, 5) is 23.3. The van der Waals surface area contributed by atoms with E-state index in [0.717, 1.165) is 37.5 Å². The molecule has 3 aromatic rings. The molecule has 5 rings (SSSR count). The van der Waals surface area contributed by atoms with Crippen molar-refractivity contribution in [2.24, 2.45) is 0 Å². The topological polar surface area (TPSA) is 76.8 Å². The number of aromatic nitrogens is 5. The van der Waals surface area contributed by atoms with Gasteiger partial charge in [-0.2, -0.15) is 0 Å². The Labute approximate surface area is 162 Å². The highest BCUT2D eigenvalue weighted by Crippen LogP contribution is 2.50. The molecule has 7 nitrogen and oxygen atoms in total. The molecule has 0 saturated heterocycles. The van der Waals surface area contributed by atoms with E-state index in [2.05, 4.69) is 20.2 Å². The molecule has 1 fully saturated rings. The van der Waals surface area contributed by atoms with Gasteiger partial charge in [0.25, 0.3) is 0 Å². The van der Waals surface area contributed by atoms with E-state index in [4.69, 9.17) is 11.6 Å². The Morgan fingerprint density at radius 2 is 2.23 bits per heavy atom. The molecule has 4 heterocycles. The van der Waals surface area contributed by atoms with Gasteiger partial charge in [-0.15, -0.1) is 21.5 Å². The number of rotatable bonds is 4. The fourth-order valence-corrected chi connectivity index (χ4v) is 5.73. The molecular formula is C16H15ClN6OS2. The van der Waals surface area contributed by atoms with Crippen LogP contribution in [0.5, 0.6) is 0 Å². The van der Waals surface area contributed by atoms with E-state index in [1.165, 1.54) is 35.9 Å². The van der Waals surface area contributed by atoms with Gasteiger partial charge in [-0.25, -0.2) is 9.97 Å². The Bertz CT molecular complexity index is 998. The molecule has 1 aliphatic carbocycles. The van der Waals surface area contributed by atoms with Crippen LogP contribution in [-0.2, 0) is 17.9 Å².